The van der Waals surface area contributed by atoms with Crippen LogP contribution in [0.4, 0.5) is 5.69 Å². The number of aromatic nitrogens is 2. The molecule has 1 N–H and O–H groups in total. The number of hydrogen-bond acceptors (Lipinski definition) is 6. The van der Waals surface area contributed by atoms with Crippen LogP contribution in [0.1, 0.15) is 24.1 Å². The van der Waals surface area contributed by atoms with Crippen molar-refractivity contribution < 1.29 is 9.53 Å². The van der Waals surface area contributed by atoms with Gasteiger partial charge in [-0.2, -0.15) is 0 Å². The summed E-state index contributed by atoms with van der Waals surface area (Å²) in [5.74, 6) is 0.323. The lowest BCUT2D eigenvalue weighted by atomic mass is 9.95. The van der Waals surface area contributed by atoms with Gasteiger partial charge in [-0.05, 0) is 54.5 Å². The summed E-state index contributed by atoms with van der Waals surface area (Å²) < 4.78 is 7.54. The summed E-state index contributed by atoms with van der Waals surface area (Å²) in [6.07, 6.45) is 5.17. The van der Waals surface area contributed by atoms with E-state index in [1.807, 2.05) is 66.7 Å². The minimum absolute atomic E-state index is 0.220. The number of amides is 1. The van der Waals surface area contributed by atoms with Gasteiger partial charge in [0.05, 0.1) is 29.0 Å². The Bertz CT molecular complexity index is 1610. The van der Waals surface area contributed by atoms with E-state index in [4.69, 9.17) is 4.74 Å². The molecule has 0 saturated carbocycles. The van der Waals surface area contributed by atoms with Crippen LogP contribution in [0.3, 0.4) is 0 Å². The molecule has 8 heteroatoms. The lowest BCUT2D eigenvalue weighted by Crippen LogP contribution is -2.40. The second-order valence-electron chi connectivity index (χ2n) is 7.96. The molecule has 0 radical (unpaired) electrons. The number of carbonyl (C=O) groups is 1. The van der Waals surface area contributed by atoms with E-state index < -0.39 is 6.04 Å². The normalized spacial score (nSPS) is 15.4. The topological polar surface area (TPSA) is 85.6 Å². The molecule has 174 valence electrons. The fraction of sp³-hybridized carbons (Fsp3) is 0.111. The number of nitrogens with one attached hydrogen (secondary N) is 1. The van der Waals surface area contributed by atoms with Gasteiger partial charge in [0.15, 0.2) is 4.80 Å². The summed E-state index contributed by atoms with van der Waals surface area (Å²) >= 11 is 1.29. The van der Waals surface area contributed by atoms with Crippen LogP contribution in [0.15, 0.2) is 100 Å². The summed E-state index contributed by atoms with van der Waals surface area (Å²) in [7, 11) is 1.59. The Labute approximate surface area is 205 Å². The average molecular weight is 483 g/mol. The van der Waals surface area contributed by atoms with E-state index >= 15 is 0 Å². The maximum atomic E-state index is 13.7. The molecule has 1 atom stereocenters. The molecule has 0 saturated heterocycles. The molecule has 2 aromatic heterocycles. The fourth-order valence-electron chi connectivity index (χ4n) is 4.07. The Balaban J connectivity index is 1.69. The average Bonchev–Trinajstić information content (AvgIpc) is 3.18. The van der Waals surface area contributed by atoms with Crippen molar-refractivity contribution >= 4 is 29.0 Å². The molecule has 2 aromatic carbocycles. The van der Waals surface area contributed by atoms with E-state index in [0.29, 0.717) is 32.0 Å². The first-order valence-electron chi connectivity index (χ1n) is 11.0. The zero-order chi connectivity index (χ0) is 24.4. The van der Waals surface area contributed by atoms with E-state index in [2.05, 4.69) is 15.3 Å². The van der Waals surface area contributed by atoms with Crippen LogP contribution in [0.2, 0.25) is 0 Å². The standard InChI is InChI=1S/C27H22N4O3S/c1-17-23(25(32)30-20-10-4-3-5-11-20)24(19-9-6-12-21(15-19)34-2)31-26(33)22(35-27(31)29-17)14-18-8-7-13-28-16-18/h3-16,24H,1-2H3,(H,30,32)/b22-14-. The second kappa shape index (κ2) is 9.52. The Morgan fingerprint density at radius 1 is 1.11 bits per heavy atom. The Morgan fingerprint density at radius 3 is 2.69 bits per heavy atom. The molecular formula is C27H22N4O3S. The molecule has 5 rings (SSSR count). The molecule has 0 aliphatic carbocycles. The van der Waals surface area contributed by atoms with Crippen LogP contribution in [-0.2, 0) is 4.79 Å². The molecule has 35 heavy (non-hydrogen) atoms. The van der Waals surface area contributed by atoms with Crippen molar-refractivity contribution in [3.63, 3.8) is 0 Å². The molecule has 0 spiro atoms. The van der Waals surface area contributed by atoms with Gasteiger partial charge < -0.3 is 10.1 Å². The van der Waals surface area contributed by atoms with Gasteiger partial charge in [-0.3, -0.25) is 19.1 Å². The summed E-state index contributed by atoms with van der Waals surface area (Å²) in [4.78, 5) is 36.5. The first kappa shape index (κ1) is 22.5. The number of carbonyl (C=O) groups excluding carboxylic acids is 1. The summed E-state index contributed by atoms with van der Waals surface area (Å²) in [6.45, 7) is 1.80. The number of hydrogen-bond donors (Lipinski definition) is 1. The van der Waals surface area contributed by atoms with Gasteiger partial charge in [0.2, 0.25) is 0 Å². The molecule has 7 nitrogen and oxygen atoms in total. The minimum atomic E-state index is -0.666. The first-order valence-corrected chi connectivity index (χ1v) is 11.8. The van der Waals surface area contributed by atoms with E-state index in [1.54, 1.807) is 37.1 Å². The zero-order valence-corrected chi connectivity index (χ0v) is 20.0. The van der Waals surface area contributed by atoms with Crippen molar-refractivity contribution in [2.45, 2.75) is 13.0 Å². The van der Waals surface area contributed by atoms with E-state index in [-0.39, 0.29) is 11.5 Å². The molecule has 1 amide bonds. The van der Waals surface area contributed by atoms with Crippen LogP contribution in [0.5, 0.6) is 5.75 Å². The van der Waals surface area contributed by atoms with Gasteiger partial charge in [-0.25, -0.2) is 4.99 Å². The zero-order valence-electron chi connectivity index (χ0n) is 19.1. The number of fused-ring (bicyclic) bond motifs is 1. The number of pyridine rings is 1. The number of anilines is 1. The number of nitrogens with zero attached hydrogens (tertiary/aromatic N) is 3. The molecule has 3 heterocycles. The van der Waals surface area contributed by atoms with Crippen molar-refractivity contribution in [1.82, 2.24) is 9.55 Å². The van der Waals surface area contributed by atoms with Crippen LogP contribution in [-0.4, -0.2) is 22.6 Å². The van der Waals surface area contributed by atoms with E-state index in [9.17, 15) is 9.59 Å². The van der Waals surface area contributed by atoms with Crippen LogP contribution >= 0.6 is 11.3 Å². The molecule has 0 bridgehead atoms. The third-order valence-electron chi connectivity index (χ3n) is 5.69. The summed E-state index contributed by atoms with van der Waals surface area (Å²) in [5.41, 5.74) is 2.97. The Hall–Kier alpha value is -4.30. The molecular weight excluding hydrogens is 460 g/mol. The van der Waals surface area contributed by atoms with Crippen molar-refractivity contribution in [1.29, 1.82) is 0 Å². The largest absolute Gasteiger partial charge is 0.497 e. The lowest BCUT2D eigenvalue weighted by molar-refractivity contribution is -0.113. The van der Waals surface area contributed by atoms with Gasteiger partial charge in [-0.1, -0.05) is 47.7 Å². The second-order valence-corrected chi connectivity index (χ2v) is 8.97. The number of thiazole rings is 1. The maximum absolute atomic E-state index is 13.7. The number of methoxy groups -OCH3 is 1. The molecule has 1 aliphatic heterocycles. The van der Waals surface area contributed by atoms with E-state index in [1.165, 1.54) is 11.3 Å². The number of ether oxygens (including phenoxy) is 1. The summed E-state index contributed by atoms with van der Waals surface area (Å²) in [5, 5.41) is 2.95. The Morgan fingerprint density at radius 2 is 1.94 bits per heavy atom. The Kier molecular flexibility index (Phi) is 6.12. The van der Waals surface area contributed by atoms with Crippen LogP contribution in [0, 0.1) is 0 Å². The van der Waals surface area contributed by atoms with Gasteiger partial charge in [0.25, 0.3) is 11.5 Å². The third-order valence-corrected chi connectivity index (χ3v) is 6.67. The lowest BCUT2D eigenvalue weighted by Gasteiger charge is -2.25. The SMILES string of the molecule is COc1cccc(C2C(C(=O)Nc3ccccc3)=C(C)N=c3s/c(=C\c4cccnc4)c(=O)n32)c1. The van der Waals surface area contributed by atoms with Crippen molar-refractivity contribution in [2.75, 3.05) is 12.4 Å². The molecule has 4 aromatic rings. The highest BCUT2D eigenvalue weighted by molar-refractivity contribution is 7.07. The van der Waals surface area contributed by atoms with E-state index in [0.717, 1.165) is 11.1 Å². The fourth-order valence-corrected chi connectivity index (χ4v) is 5.12. The number of allylic oxidation sites excluding steroid dienone is 1. The van der Waals surface area contributed by atoms with Gasteiger partial charge >= 0.3 is 0 Å². The monoisotopic (exact) mass is 482 g/mol. The van der Waals surface area contributed by atoms with Gasteiger partial charge in [-0.15, -0.1) is 0 Å². The smallest absolute Gasteiger partial charge is 0.271 e. The third kappa shape index (κ3) is 4.43. The number of rotatable bonds is 5. The molecule has 0 fully saturated rings. The predicted octanol–water partition coefficient (Wildman–Crippen LogP) is 3.28. The highest BCUT2D eigenvalue weighted by Gasteiger charge is 2.32. The number of para-hydroxylation sites is 1. The highest BCUT2D eigenvalue weighted by atomic mass is 32.1. The minimum Gasteiger partial charge on any atom is -0.497 e. The predicted molar refractivity (Wildman–Crippen MR) is 136 cm³/mol. The maximum Gasteiger partial charge on any atom is 0.271 e. The quantitative estimate of drug-likeness (QED) is 0.473. The van der Waals surface area contributed by atoms with Crippen LogP contribution < -0.4 is 24.9 Å². The molecule has 1 aliphatic rings. The summed E-state index contributed by atoms with van der Waals surface area (Å²) in [6, 6.07) is 19.7. The first-order chi connectivity index (χ1) is 17.0. The van der Waals surface area contributed by atoms with Crippen molar-refractivity contribution in [2.24, 2.45) is 4.99 Å². The number of benzene rings is 2. The van der Waals surface area contributed by atoms with Gasteiger partial charge in [0.1, 0.15) is 5.75 Å². The van der Waals surface area contributed by atoms with Gasteiger partial charge in [0, 0.05) is 18.1 Å². The highest BCUT2D eigenvalue weighted by Crippen LogP contribution is 2.32. The molecule has 1 unspecified atom stereocenters. The van der Waals surface area contributed by atoms with Crippen LogP contribution in [0.25, 0.3) is 6.08 Å². The van der Waals surface area contributed by atoms with Crippen molar-refractivity contribution in [3.8, 4) is 5.75 Å². The van der Waals surface area contributed by atoms with Crippen molar-refractivity contribution in [3.05, 3.63) is 121 Å².